The summed E-state index contributed by atoms with van der Waals surface area (Å²) < 4.78 is 7.97. The van der Waals surface area contributed by atoms with E-state index in [2.05, 4.69) is 61.5 Å². The van der Waals surface area contributed by atoms with Crippen molar-refractivity contribution in [2.24, 2.45) is 0 Å². The molecule has 0 unspecified atom stereocenters. The Hall–Kier alpha value is -2.96. The first kappa shape index (κ1) is 21.3. The number of ether oxygens (including phenoxy) is 1. The molecular weight excluding hydrogens is 406 g/mol. The number of nitriles is 1. The molecule has 0 aromatic carbocycles. The van der Waals surface area contributed by atoms with Gasteiger partial charge in [-0.05, 0) is 30.7 Å². The van der Waals surface area contributed by atoms with Gasteiger partial charge in [0.2, 0.25) is 0 Å². The van der Waals surface area contributed by atoms with E-state index >= 15 is 0 Å². The minimum Gasteiger partial charge on any atom is -0.365 e. The van der Waals surface area contributed by atoms with Crippen molar-refractivity contribution in [3.8, 4) is 6.07 Å². The molecule has 0 saturated carbocycles. The molecule has 9 heteroatoms. The van der Waals surface area contributed by atoms with Gasteiger partial charge in [-0.25, -0.2) is 15.0 Å². The number of anilines is 2. The quantitative estimate of drug-likeness (QED) is 0.426. The van der Waals surface area contributed by atoms with Crippen molar-refractivity contribution in [2.45, 2.75) is 44.9 Å². The number of pyridine rings is 1. The maximum Gasteiger partial charge on any atom is 0.147 e. The molecule has 1 atom stereocenters. The SMILES string of the molecule is C[Si](C)(C)CCOCn1ccc2c(N3CC[C@@H](Nc4ccc(C#N)cn4)C3)ncnc21. The zero-order valence-corrected chi connectivity index (χ0v) is 19.4. The van der Waals surface area contributed by atoms with Crippen LogP contribution in [0.15, 0.2) is 36.9 Å². The van der Waals surface area contributed by atoms with Crippen LogP contribution in [0.3, 0.4) is 0 Å². The second kappa shape index (κ2) is 9.04. The summed E-state index contributed by atoms with van der Waals surface area (Å²) in [5.74, 6) is 1.75. The molecule has 0 amide bonds. The van der Waals surface area contributed by atoms with Gasteiger partial charge in [0.25, 0.3) is 0 Å². The van der Waals surface area contributed by atoms with Crippen molar-refractivity contribution in [1.29, 1.82) is 5.26 Å². The molecule has 0 radical (unpaired) electrons. The van der Waals surface area contributed by atoms with Gasteiger partial charge in [0.15, 0.2) is 0 Å². The lowest BCUT2D eigenvalue weighted by Crippen LogP contribution is -2.27. The topological polar surface area (TPSA) is 91.9 Å². The lowest BCUT2D eigenvalue weighted by molar-refractivity contribution is 0.0899. The summed E-state index contributed by atoms with van der Waals surface area (Å²) in [4.78, 5) is 15.7. The van der Waals surface area contributed by atoms with Crippen molar-refractivity contribution in [1.82, 2.24) is 19.5 Å². The van der Waals surface area contributed by atoms with Crippen LogP contribution in [0, 0.1) is 11.3 Å². The Morgan fingerprint density at radius 3 is 2.84 bits per heavy atom. The highest BCUT2D eigenvalue weighted by Crippen LogP contribution is 2.27. The molecule has 162 valence electrons. The summed E-state index contributed by atoms with van der Waals surface area (Å²) in [7, 11) is -1.09. The third-order valence-corrected chi connectivity index (χ3v) is 7.20. The molecule has 1 fully saturated rings. The summed E-state index contributed by atoms with van der Waals surface area (Å²) in [5, 5.41) is 13.4. The number of nitrogens with one attached hydrogen (secondary N) is 1. The number of hydrogen-bond acceptors (Lipinski definition) is 7. The lowest BCUT2D eigenvalue weighted by atomic mass is 10.2. The van der Waals surface area contributed by atoms with Crippen molar-refractivity contribution < 1.29 is 4.74 Å². The van der Waals surface area contributed by atoms with Gasteiger partial charge >= 0.3 is 0 Å². The monoisotopic (exact) mass is 435 g/mol. The first-order valence-electron chi connectivity index (χ1n) is 10.7. The minimum absolute atomic E-state index is 0.275. The van der Waals surface area contributed by atoms with Gasteiger partial charge in [-0.1, -0.05) is 19.6 Å². The highest BCUT2D eigenvalue weighted by atomic mass is 28.3. The molecule has 1 aliphatic heterocycles. The van der Waals surface area contributed by atoms with Gasteiger partial charge in [-0.3, -0.25) is 0 Å². The molecule has 1 aliphatic rings. The van der Waals surface area contributed by atoms with Gasteiger partial charge < -0.3 is 19.5 Å². The van der Waals surface area contributed by atoms with Gasteiger partial charge in [0, 0.05) is 46.2 Å². The van der Waals surface area contributed by atoms with Crippen molar-refractivity contribution >= 4 is 30.7 Å². The molecule has 1 N–H and O–H groups in total. The van der Waals surface area contributed by atoms with E-state index in [9.17, 15) is 0 Å². The fourth-order valence-corrected chi connectivity index (χ4v) is 4.47. The normalized spacial score (nSPS) is 16.6. The Bertz CT molecular complexity index is 1070. The average Bonchev–Trinajstić information content (AvgIpc) is 3.38. The van der Waals surface area contributed by atoms with Crippen LogP contribution in [0.5, 0.6) is 0 Å². The molecular formula is C22H29N7OSi. The fraction of sp³-hybridized carbons (Fsp3) is 0.455. The third-order valence-electron chi connectivity index (χ3n) is 5.49. The number of rotatable bonds is 8. The smallest absolute Gasteiger partial charge is 0.147 e. The summed E-state index contributed by atoms with van der Waals surface area (Å²) >= 11 is 0. The van der Waals surface area contributed by atoms with Crippen LogP contribution < -0.4 is 10.2 Å². The van der Waals surface area contributed by atoms with Crippen LogP contribution in [0.4, 0.5) is 11.6 Å². The largest absolute Gasteiger partial charge is 0.365 e. The predicted octanol–water partition coefficient (Wildman–Crippen LogP) is 3.70. The molecule has 0 spiro atoms. The summed E-state index contributed by atoms with van der Waals surface area (Å²) in [6.07, 6.45) is 6.26. The molecule has 4 rings (SSSR count). The standard InChI is InChI=1S/C22H29N7OSi/c1-31(2,3)11-10-30-16-29-9-7-19-21(25-15-26-22(19)29)28-8-6-18(14-28)27-20-5-4-17(12-23)13-24-20/h4-5,7,9,13,15,18H,6,8,10-11,14,16H2,1-3H3,(H,24,27)/t18-/m1/s1. The predicted molar refractivity (Wildman–Crippen MR) is 125 cm³/mol. The first-order valence-corrected chi connectivity index (χ1v) is 14.4. The minimum atomic E-state index is -1.09. The average molecular weight is 436 g/mol. The Balaban J connectivity index is 1.40. The van der Waals surface area contributed by atoms with E-state index in [1.807, 2.05) is 12.3 Å². The molecule has 1 saturated heterocycles. The molecule has 3 aromatic heterocycles. The summed E-state index contributed by atoms with van der Waals surface area (Å²) in [6.45, 7) is 10.1. The molecule has 4 heterocycles. The Morgan fingerprint density at radius 2 is 2.10 bits per heavy atom. The number of nitrogens with zero attached hydrogens (tertiary/aromatic N) is 6. The van der Waals surface area contributed by atoms with E-state index < -0.39 is 8.07 Å². The van der Waals surface area contributed by atoms with E-state index in [0.717, 1.165) is 54.8 Å². The van der Waals surface area contributed by atoms with E-state index in [1.54, 1.807) is 18.6 Å². The van der Waals surface area contributed by atoms with Gasteiger partial charge in [-0.2, -0.15) is 5.26 Å². The zero-order valence-electron chi connectivity index (χ0n) is 18.4. The number of fused-ring (bicyclic) bond motifs is 1. The second-order valence-corrected chi connectivity index (χ2v) is 14.8. The molecule has 8 nitrogen and oxygen atoms in total. The second-order valence-electron chi connectivity index (χ2n) is 9.19. The van der Waals surface area contributed by atoms with Crippen molar-refractivity contribution in [2.75, 3.05) is 29.9 Å². The molecule has 0 bridgehead atoms. The highest BCUT2D eigenvalue weighted by molar-refractivity contribution is 6.76. The number of aromatic nitrogens is 4. The first-order chi connectivity index (χ1) is 14.9. The maximum absolute atomic E-state index is 8.92. The van der Waals surface area contributed by atoms with E-state index in [4.69, 9.17) is 10.00 Å². The van der Waals surface area contributed by atoms with Crippen LogP contribution >= 0.6 is 0 Å². The zero-order chi connectivity index (χ0) is 21.8. The highest BCUT2D eigenvalue weighted by Gasteiger charge is 2.25. The van der Waals surface area contributed by atoms with Crippen LogP contribution in [-0.2, 0) is 11.5 Å². The van der Waals surface area contributed by atoms with Gasteiger partial charge in [0.05, 0.1) is 10.9 Å². The molecule has 31 heavy (non-hydrogen) atoms. The fourth-order valence-electron chi connectivity index (χ4n) is 3.71. The maximum atomic E-state index is 8.92. The van der Waals surface area contributed by atoms with Gasteiger partial charge in [0.1, 0.15) is 36.4 Å². The van der Waals surface area contributed by atoms with Crippen LogP contribution in [-0.4, -0.2) is 53.3 Å². The molecule has 3 aromatic rings. The molecule has 0 aliphatic carbocycles. The van der Waals surface area contributed by atoms with Crippen LogP contribution in [0.2, 0.25) is 25.7 Å². The summed E-state index contributed by atoms with van der Waals surface area (Å²) in [5.41, 5.74) is 1.47. The summed E-state index contributed by atoms with van der Waals surface area (Å²) in [6, 6.07) is 9.24. The van der Waals surface area contributed by atoms with E-state index in [-0.39, 0.29) is 6.04 Å². The van der Waals surface area contributed by atoms with Crippen LogP contribution in [0.1, 0.15) is 12.0 Å². The third kappa shape index (κ3) is 5.21. The van der Waals surface area contributed by atoms with Crippen LogP contribution in [0.25, 0.3) is 11.0 Å². The Morgan fingerprint density at radius 1 is 1.23 bits per heavy atom. The van der Waals surface area contributed by atoms with Gasteiger partial charge in [-0.15, -0.1) is 0 Å². The lowest BCUT2D eigenvalue weighted by Gasteiger charge is -2.19. The van der Waals surface area contributed by atoms with E-state index in [1.165, 1.54) is 0 Å². The Labute approximate surface area is 183 Å². The van der Waals surface area contributed by atoms with Crippen molar-refractivity contribution in [3.63, 3.8) is 0 Å². The van der Waals surface area contributed by atoms with Crippen molar-refractivity contribution in [3.05, 3.63) is 42.5 Å². The van der Waals surface area contributed by atoms with E-state index in [0.29, 0.717) is 12.3 Å². The number of hydrogen-bond donors (Lipinski definition) is 1. The Kier molecular flexibility index (Phi) is 6.20.